The lowest BCUT2D eigenvalue weighted by molar-refractivity contribution is 0.572. The van der Waals surface area contributed by atoms with E-state index in [2.05, 4.69) is 17.5 Å². The van der Waals surface area contributed by atoms with Crippen LogP contribution in [0.2, 0.25) is 0 Å². The van der Waals surface area contributed by atoms with Gasteiger partial charge in [0.25, 0.3) is 6.57 Å². The molecule has 0 spiro atoms. The van der Waals surface area contributed by atoms with E-state index in [1.165, 1.54) is 0 Å². The Morgan fingerprint density at radius 2 is 2.06 bits per heavy atom. The van der Waals surface area contributed by atoms with Crippen LogP contribution in [-0.4, -0.2) is 11.4 Å². The van der Waals surface area contributed by atoms with Gasteiger partial charge < -0.3 is 4.89 Å². The number of hydrazine groups is 2. The average Bonchev–Trinajstić information content (AvgIpc) is 2.35. The monoisotopic (exact) mass is 274 g/mol. The summed E-state index contributed by atoms with van der Waals surface area (Å²) in [6.45, 7) is -0.118. The first kappa shape index (κ1) is 14.6. The quantitative estimate of drug-likeness (QED) is 0.261. The van der Waals surface area contributed by atoms with Gasteiger partial charge in [0.15, 0.2) is 0 Å². The standard InChI is InChI=1S/C10H19N4OPS/c1-2-3-9-12-14(16(15,17)13-11)10-7-5-4-6-8-10/h4-8,12H,2-3,9,11H2,1H3,(H2,13,15,17). The summed E-state index contributed by atoms with van der Waals surface area (Å²) < 4.78 is 1.55. The number of hydrogen-bond acceptors (Lipinski definition) is 3. The summed E-state index contributed by atoms with van der Waals surface area (Å²) in [5.41, 5.74) is 3.91. The highest BCUT2D eigenvalue weighted by atomic mass is 32.4. The molecule has 0 aliphatic rings. The minimum absolute atomic E-state index is 0.742. The minimum atomic E-state index is -2.96. The van der Waals surface area contributed by atoms with E-state index in [0.717, 1.165) is 25.1 Å². The van der Waals surface area contributed by atoms with Crippen molar-refractivity contribution in [3.05, 3.63) is 30.3 Å². The van der Waals surface area contributed by atoms with Crippen molar-refractivity contribution in [3.8, 4) is 0 Å². The summed E-state index contributed by atoms with van der Waals surface area (Å²) in [5.74, 6) is 5.31. The van der Waals surface area contributed by atoms with Gasteiger partial charge >= 0.3 is 0 Å². The van der Waals surface area contributed by atoms with E-state index in [4.69, 9.17) is 17.6 Å². The molecule has 1 atom stereocenters. The van der Waals surface area contributed by atoms with Gasteiger partial charge in [0.1, 0.15) is 0 Å². The van der Waals surface area contributed by atoms with Gasteiger partial charge in [0.05, 0.1) is 5.69 Å². The molecule has 1 unspecified atom stereocenters. The number of nitrogens with zero attached hydrogens (tertiary/aromatic N) is 1. The summed E-state index contributed by atoms with van der Waals surface area (Å²) in [4.78, 5) is 10.1. The lowest BCUT2D eigenvalue weighted by Gasteiger charge is -2.31. The van der Waals surface area contributed by atoms with Crippen LogP contribution in [0.25, 0.3) is 0 Å². The third-order valence-electron chi connectivity index (χ3n) is 2.23. The number of unbranched alkanes of at least 4 members (excludes halogenated alkanes) is 1. The number of para-hydroxylation sites is 1. The molecule has 0 aromatic heterocycles. The SMILES string of the molecule is CCCCNN(c1ccccc1)P(O)(=S)NN. The van der Waals surface area contributed by atoms with Crippen LogP contribution in [0.5, 0.6) is 0 Å². The van der Waals surface area contributed by atoms with Gasteiger partial charge in [0.2, 0.25) is 0 Å². The van der Waals surface area contributed by atoms with Gasteiger partial charge in [-0.25, -0.2) is 10.2 Å². The topological polar surface area (TPSA) is 73.5 Å². The van der Waals surface area contributed by atoms with Crippen LogP contribution in [0.1, 0.15) is 19.8 Å². The normalized spacial score (nSPS) is 14.3. The Kier molecular flexibility index (Phi) is 6.05. The second kappa shape index (κ2) is 7.06. The molecule has 0 saturated carbocycles. The van der Waals surface area contributed by atoms with Crippen molar-refractivity contribution in [2.24, 2.45) is 5.84 Å². The molecule has 7 heteroatoms. The molecule has 0 aliphatic heterocycles. The van der Waals surface area contributed by atoms with E-state index in [9.17, 15) is 4.89 Å². The van der Waals surface area contributed by atoms with Gasteiger partial charge in [-0.05, 0) is 30.4 Å². The number of benzene rings is 1. The molecule has 1 rings (SSSR count). The molecule has 0 fully saturated rings. The Labute approximate surface area is 107 Å². The number of rotatable bonds is 7. The fraction of sp³-hybridized carbons (Fsp3) is 0.400. The Morgan fingerprint density at radius 3 is 2.59 bits per heavy atom. The zero-order valence-corrected chi connectivity index (χ0v) is 11.5. The molecule has 0 radical (unpaired) electrons. The number of hydrogen-bond donors (Lipinski definition) is 4. The molecule has 1 aromatic carbocycles. The number of nitrogens with two attached hydrogens (primary N) is 1. The fourth-order valence-corrected chi connectivity index (χ4v) is 2.64. The van der Waals surface area contributed by atoms with Crippen molar-refractivity contribution in [1.82, 2.24) is 10.6 Å². The van der Waals surface area contributed by atoms with Crippen molar-refractivity contribution < 1.29 is 4.89 Å². The lowest BCUT2D eigenvalue weighted by atomic mass is 10.3. The van der Waals surface area contributed by atoms with Crippen LogP contribution < -0.4 is 21.2 Å². The first-order valence-corrected chi connectivity index (χ1v) is 8.22. The predicted molar refractivity (Wildman–Crippen MR) is 75.7 cm³/mol. The molecule has 1 aromatic rings. The summed E-state index contributed by atoms with van der Waals surface area (Å²) in [6, 6.07) is 9.41. The lowest BCUT2D eigenvalue weighted by Crippen LogP contribution is -2.41. The summed E-state index contributed by atoms with van der Waals surface area (Å²) in [7, 11) is 0. The van der Waals surface area contributed by atoms with E-state index in [0.29, 0.717) is 0 Å². The van der Waals surface area contributed by atoms with Gasteiger partial charge in [-0.1, -0.05) is 31.5 Å². The van der Waals surface area contributed by atoms with E-state index in [1.807, 2.05) is 30.3 Å². The highest BCUT2D eigenvalue weighted by molar-refractivity contribution is 8.11. The highest BCUT2D eigenvalue weighted by Gasteiger charge is 2.21. The second-order valence-electron chi connectivity index (χ2n) is 3.58. The van der Waals surface area contributed by atoms with Crippen LogP contribution in [0, 0.1) is 0 Å². The Morgan fingerprint density at radius 1 is 1.41 bits per heavy atom. The van der Waals surface area contributed by atoms with E-state index < -0.39 is 6.57 Å². The molecule has 0 aliphatic carbocycles. The van der Waals surface area contributed by atoms with Crippen molar-refractivity contribution in [2.75, 3.05) is 11.3 Å². The van der Waals surface area contributed by atoms with Crippen molar-refractivity contribution >= 4 is 24.1 Å². The molecule has 17 heavy (non-hydrogen) atoms. The maximum Gasteiger partial charge on any atom is 0.250 e. The molecular formula is C10H19N4OPS. The van der Waals surface area contributed by atoms with Crippen molar-refractivity contribution in [3.63, 3.8) is 0 Å². The molecule has 96 valence electrons. The second-order valence-corrected chi connectivity index (χ2v) is 6.86. The summed E-state index contributed by atoms with van der Waals surface area (Å²) >= 11 is 5.09. The third kappa shape index (κ3) is 4.35. The van der Waals surface area contributed by atoms with Gasteiger partial charge in [-0.3, -0.25) is 5.84 Å². The van der Waals surface area contributed by atoms with Gasteiger partial charge in [-0.15, -0.1) is 0 Å². The van der Waals surface area contributed by atoms with Gasteiger partial charge in [0, 0.05) is 6.54 Å². The van der Waals surface area contributed by atoms with E-state index in [1.54, 1.807) is 4.78 Å². The Bertz CT molecular complexity index is 376. The molecule has 5 N–H and O–H groups in total. The molecule has 0 heterocycles. The minimum Gasteiger partial charge on any atom is -0.337 e. The van der Waals surface area contributed by atoms with Crippen LogP contribution in [0.15, 0.2) is 30.3 Å². The number of nitrogens with one attached hydrogen (secondary N) is 2. The van der Waals surface area contributed by atoms with Gasteiger partial charge in [-0.2, -0.15) is 5.20 Å². The molecular weight excluding hydrogens is 255 g/mol. The Hall–Kier alpha value is -0.490. The summed E-state index contributed by atoms with van der Waals surface area (Å²) in [5, 5.41) is 2.31. The Balaban J connectivity index is 2.83. The van der Waals surface area contributed by atoms with Crippen LogP contribution in [-0.2, 0) is 11.8 Å². The average molecular weight is 274 g/mol. The fourth-order valence-electron chi connectivity index (χ4n) is 1.33. The molecule has 0 amide bonds. The molecule has 5 nitrogen and oxygen atoms in total. The largest absolute Gasteiger partial charge is 0.337 e. The zero-order valence-electron chi connectivity index (χ0n) is 9.84. The maximum atomic E-state index is 10.1. The molecule has 0 bridgehead atoms. The first-order valence-electron chi connectivity index (χ1n) is 5.51. The van der Waals surface area contributed by atoms with Crippen LogP contribution >= 0.6 is 6.57 Å². The van der Waals surface area contributed by atoms with Crippen LogP contribution in [0.3, 0.4) is 0 Å². The van der Waals surface area contributed by atoms with E-state index in [-0.39, 0.29) is 0 Å². The first-order chi connectivity index (χ1) is 8.11. The van der Waals surface area contributed by atoms with Crippen molar-refractivity contribution in [1.29, 1.82) is 0 Å². The van der Waals surface area contributed by atoms with Crippen LogP contribution in [0.4, 0.5) is 5.69 Å². The zero-order chi connectivity index (χ0) is 12.7. The predicted octanol–water partition coefficient (Wildman–Crippen LogP) is 1.48. The summed E-state index contributed by atoms with van der Waals surface area (Å²) in [6.07, 6.45) is 2.07. The van der Waals surface area contributed by atoms with E-state index >= 15 is 0 Å². The molecule has 0 saturated heterocycles. The highest BCUT2D eigenvalue weighted by Crippen LogP contribution is 2.41. The maximum absolute atomic E-state index is 10.1. The number of anilines is 1. The van der Waals surface area contributed by atoms with Crippen molar-refractivity contribution in [2.45, 2.75) is 19.8 Å². The smallest absolute Gasteiger partial charge is 0.250 e. The third-order valence-corrected chi connectivity index (χ3v) is 4.29.